The monoisotopic (exact) mass is 306 g/mol. The quantitative estimate of drug-likeness (QED) is 0.653. The number of carbonyl (C=O) groups excluding carboxylic acids is 1. The second kappa shape index (κ2) is 6.31. The summed E-state index contributed by atoms with van der Waals surface area (Å²) in [4.78, 5) is 27.6. The fourth-order valence-electron chi connectivity index (χ4n) is 1.75. The minimum Gasteiger partial charge on any atom is -0.380 e. The lowest BCUT2D eigenvalue weighted by atomic mass is 10.1. The standard InChI is InChI=1S/C13H14N4O3S/c1-3-14-10-5-4-9(6-11(10)17(19)20)12(18)16-13-15-7-8(2)21-13/h4-7,14H,3H2,1-2H3,(H,15,16,18). The van der Waals surface area contributed by atoms with Gasteiger partial charge in [-0.3, -0.25) is 20.2 Å². The summed E-state index contributed by atoms with van der Waals surface area (Å²) in [7, 11) is 0. The number of aryl methyl sites for hydroxylation is 1. The van der Waals surface area contributed by atoms with E-state index in [0.29, 0.717) is 17.4 Å². The topological polar surface area (TPSA) is 97.2 Å². The third-order valence-electron chi connectivity index (χ3n) is 2.67. The fourth-order valence-corrected chi connectivity index (χ4v) is 2.41. The first kappa shape index (κ1) is 14.9. The van der Waals surface area contributed by atoms with E-state index >= 15 is 0 Å². The number of hydrogen-bond acceptors (Lipinski definition) is 6. The van der Waals surface area contributed by atoms with Gasteiger partial charge in [-0.1, -0.05) is 0 Å². The number of nitrogens with zero attached hydrogens (tertiary/aromatic N) is 2. The molecule has 0 bridgehead atoms. The Morgan fingerprint density at radius 1 is 1.48 bits per heavy atom. The van der Waals surface area contributed by atoms with E-state index in [0.717, 1.165) is 4.88 Å². The number of aromatic nitrogens is 1. The molecule has 21 heavy (non-hydrogen) atoms. The van der Waals surface area contributed by atoms with E-state index < -0.39 is 10.8 Å². The van der Waals surface area contributed by atoms with Crippen LogP contribution in [0.3, 0.4) is 0 Å². The Morgan fingerprint density at radius 2 is 2.24 bits per heavy atom. The maximum absolute atomic E-state index is 12.1. The van der Waals surface area contributed by atoms with Crippen molar-refractivity contribution in [1.82, 2.24) is 4.98 Å². The van der Waals surface area contributed by atoms with Crippen LogP contribution in [0.2, 0.25) is 0 Å². The Bertz CT molecular complexity index is 684. The van der Waals surface area contributed by atoms with Crippen LogP contribution >= 0.6 is 11.3 Å². The summed E-state index contributed by atoms with van der Waals surface area (Å²) >= 11 is 1.34. The maximum Gasteiger partial charge on any atom is 0.293 e. The lowest BCUT2D eigenvalue weighted by Crippen LogP contribution is -2.12. The SMILES string of the molecule is CCNc1ccc(C(=O)Nc2ncc(C)s2)cc1[N+](=O)[O-]. The van der Waals surface area contributed by atoms with E-state index in [2.05, 4.69) is 15.6 Å². The van der Waals surface area contributed by atoms with Gasteiger partial charge in [-0.15, -0.1) is 11.3 Å². The third-order valence-corrected chi connectivity index (χ3v) is 3.49. The molecule has 0 radical (unpaired) electrons. The molecule has 0 aliphatic heterocycles. The highest BCUT2D eigenvalue weighted by Crippen LogP contribution is 2.26. The summed E-state index contributed by atoms with van der Waals surface area (Å²) in [6.07, 6.45) is 1.65. The molecular weight excluding hydrogens is 292 g/mol. The molecule has 7 nitrogen and oxygen atoms in total. The first-order chi connectivity index (χ1) is 10.0. The smallest absolute Gasteiger partial charge is 0.293 e. The van der Waals surface area contributed by atoms with Crippen molar-refractivity contribution < 1.29 is 9.72 Å². The summed E-state index contributed by atoms with van der Waals surface area (Å²) in [6, 6.07) is 4.33. The van der Waals surface area contributed by atoms with Crippen molar-refractivity contribution in [3.63, 3.8) is 0 Å². The molecule has 1 aromatic carbocycles. The number of nitro benzene ring substituents is 1. The van der Waals surface area contributed by atoms with Crippen LogP contribution in [0, 0.1) is 17.0 Å². The van der Waals surface area contributed by atoms with Gasteiger partial charge in [-0.2, -0.15) is 0 Å². The number of rotatable bonds is 5. The third kappa shape index (κ3) is 3.54. The summed E-state index contributed by atoms with van der Waals surface area (Å²) in [6.45, 7) is 4.28. The second-order valence-corrected chi connectivity index (χ2v) is 5.48. The zero-order chi connectivity index (χ0) is 15.4. The molecule has 0 saturated carbocycles. The number of amides is 1. The second-order valence-electron chi connectivity index (χ2n) is 4.25. The summed E-state index contributed by atoms with van der Waals surface area (Å²) in [5, 5.41) is 17.0. The van der Waals surface area contributed by atoms with Gasteiger partial charge in [0.15, 0.2) is 5.13 Å². The zero-order valence-corrected chi connectivity index (χ0v) is 12.4. The van der Waals surface area contributed by atoms with Crippen LogP contribution in [0.15, 0.2) is 24.4 Å². The van der Waals surface area contributed by atoms with Crippen LogP contribution in [-0.4, -0.2) is 22.4 Å². The van der Waals surface area contributed by atoms with E-state index in [1.54, 1.807) is 12.3 Å². The number of carbonyl (C=O) groups is 1. The largest absolute Gasteiger partial charge is 0.380 e. The Balaban J connectivity index is 2.25. The molecule has 1 heterocycles. The Labute approximate surface area is 125 Å². The highest BCUT2D eigenvalue weighted by molar-refractivity contribution is 7.15. The molecule has 0 aliphatic carbocycles. The van der Waals surface area contributed by atoms with E-state index in [-0.39, 0.29) is 11.3 Å². The van der Waals surface area contributed by atoms with Gasteiger partial charge in [0.05, 0.1) is 4.92 Å². The van der Waals surface area contributed by atoms with Gasteiger partial charge in [0.25, 0.3) is 11.6 Å². The molecule has 1 aromatic heterocycles. The molecule has 2 rings (SSSR count). The molecular formula is C13H14N4O3S. The Hall–Kier alpha value is -2.48. The molecule has 2 aromatic rings. The van der Waals surface area contributed by atoms with Crippen molar-refractivity contribution in [3.8, 4) is 0 Å². The first-order valence-corrected chi connectivity index (χ1v) is 7.09. The lowest BCUT2D eigenvalue weighted by molar-refractivity contribution is -0.384. The number of benzene rings is 1. The van der Waals surface area contributed by atoms with Crippen molar-refractivity contribution in [3.05, 3.63) is 45.0 Å². The normalized spacial score (nSPS) is 10.2. The predicted octanol–water partition coefficient (Wildman–Crippen LogP) is 3.04. The van der Waals surface area contributed by atoms with Crippen LogP contribution in [0.1, 0.15) is 22.2 Å². The van der Waals surface area contributed by atoms with Gasteiger partial charge in [0.1, 0.15) is 5.69 Å². The van der Waals surface area contributed by atoms with Gasteiger partial charge < -0.3 is 5.32 Å². The molecule has 8 heteroatoms. The highest BCUT2D eigenvalue weighted by Gasteiger charge is 2.17. The Kier molecular flexibility index (Phi) is 4.49. The molecule has 0 saturated heterocycles. The van der Waals surface area contributed by atoms with E-state index in [1.807, 2.05) is 13.8 Å². The molecule has 0 aliphatic rings. The molecule has 2 N–H and O–H groups in total. The average Bonchev–Trinajstić information content (AvgIpc) is 2.84. The lowest BCUT2D eigenvalue weighted by Gasteiger charge is -2.06. The molecule has 0 atom stereocenters. The molecule has 0 spiro atoms. The fraction of sp³-hybridized carbons (Fsp3) is 0.231. The van der Waals surface area contributed by atoms with E-state index in [9.17, 15) is 14.9 Å². The number of nitro groups is 1. The van der Waals surface area contributed by atoms with Crippen molar-refractivity contribution >= 4 is 33.8 Å². The molecule has 0 fully saturated rings. The van der Waals surface area contributed by atoms with Crippen molar-refractivity contribution in [2.75, 3.05) is 17.2 Å². The summed E-state index contributed by atoms with van der Waals surface area (Å²) < 4.78 is 0. The average molecular weight is 306 g/mol. The van der Waals surface area contributed by atoms with Crippen molar-refractivity contribution in [2.24, 2.45) is 0 Å². The van der Waals surface area contributed by atoms with Gasteiger partial charge in [-0.25, -0.2) is 4.98 Å². The van der Waals surface area contributed by atoms with Crippen molar-refractivity contribution in [2.45, 2.75) is 13.8 Å². The van der Waals surface area contributed by atoms with Crippen LogP contribution < -0.4 is 10.6 Å². The van der Waals surface area contributed by atoms with Gasteiger partial charge in [0.2, 0.25) is 0 Å². The number of nitrogens with one attached hydrogen (secondary N) is 2. The van der Waals surface area contributed by atoms with Crippen LogP contribution in [0.4, 0.5) is 16.5 Å². The van der Waals surface area contributed by atoms with Crippen molar-refractivity contribution in [1.29, 1.82) is 0 Å². The minimum atomic E-state index is -0.512. The number of hydrogen-bond donors (Lipinski definition) is 2. The Morgan fingerprint density at radius 3 is 2.81 bits per heavy atom. The number of thiazole rings is 1. The van der Waals surface area contributed by atoms with Crippen LogP contribution in [0.25, 0.3) is 0 Å². The molecule has 0 unspecified atom stereocenters. The van der Waals surface area contributed by atoms with E-state index in [4.69, 9.17) is 0 Å². The summed E-state index contributed by atoms with van der Waals surface area (Å²) in [5.74, 6) is -0.421. The first-order valence-electron chi connectivity index (χ1n) is 6.27. The maximum atomic E-state index is 12.1. The predicted molar refractivity (Wildman–Crippen MR) is 82.1 cm³/mol. The van der Waals surface area contributed by atoms with Gasteiger partial charge >= 0.3 is 0 Å². The minimum absolute atomic E-state index is 0.125. The van der Waals surface area contributed by atoms with Crippen LogP contribution in [0.5, 0.6) is 0 Å². The van der Waals surface area contributed by atoms with Crippen LogP contribution in [-0.2, 0) is 0 Å². The zero-order valence-electron chi connectivity index (χ0n) is 11.5. The highest BCUT2D eigenvalue weighted by atomic mass is 32.1. The van der Waals surface area contributed by atoms with Gasteiger partial charge in [-0.05, 0) is 26.0 Å². The molecule has 1 amide bonds. The number of anilines is 2. The van der Waals surface area contributed by atoms with Gasteiger partial charge in [0, 0.05) is 29.2 Å². The molecule has 110 valence electrons. The van der Waals surface area contributed by atoms with E-state index in [1.165, 1.54) is 23.5 Å². The summed E-state index contributed by atoms with van der Waals surface area (Å²) in [5.41, 5.74) is 0.486.